The SMILES string of the molecule is N=c1sccn1CC(=O)NC(=O)NCc1ccccc1. The molecule has 3 N–H and O–H groups in total. The quantitative estimate of drug-likeness (QED) is 0.786. The Labute approximate surface area is 119 Å². The first-order valence-corrected chi connectivity index (χ1v) is 6.83. The minimum absolute atomic E-state index is 0.0406. The van der Waals surface area contributed by atoms with Crippen LogP contribution in [-0.4, -0.2) is 16.5 Å². The second-order valence-electron chi connectivity index (χ2n) is 4.05. The van der Waals surface area contributed by atoms with Crippen LogP contribution in [0.25, 0.3) is 0 Å². The number of carbonyl (C=O) groups excluding carboxylic acids is 2. The van der Waals surface area contributed by atoms with E-state index in [9.17, 15) is 9.59 Å². The van der Waals surface area contributed by atoms with Gasteiger partial charge in [-0.05, 0) is 5.56 Å². The maximum absolute atomic E-state index is 11.6. The fourth-order valence-electron chi connectivity index (χ4n) is 1.57. The Morgan fingerprint density at radius 1 is 1.25 bits per heavy atom. The van der Waals surface area contributed by atoms with E-state index >= 15 is 0 Å². The Morgan fingerprint density at radius 2 is 2.00 bits per heavy atom. The monoisotopic (exact) mass is 290 g/mol. The molecule has 7 heteroatoms. The number of aromatic nitrogens is 1. The zero-order valence-electron chi connectivity index (χ0n) is 10.6. The van der Waals surface area contributed by atoms with Gasteiger partial charge in [0.25, 0.3) is 0 Å². The molecule has 3 amide bonds. The standard InChI is InChI=1S/C13H14N4O2S/c14-12-17(6-7-20-12)9-11(18)16-13(19)15-8-10-4-2-1-3-5-10/h1-7,14H,8-9H2,(H2,15,16,18,19). The number of hydrogen-bond acceptors (Lipinski definition) is 4. The van der Waals surface area contributed by atoms with Crippen LogP contribution in [0.5, 0.6) is 0 Å². The Hall–Kier alpha value is -2.41. The van der Waals surface area contributed by atoms with Crippen LogP contribution in [0.15, 0.2) is 41.9 Å². The molecule has 0 radical (unpaired) electrons. The van der Waals surface area contributed by atoms with Crippen molar-refractivity contribution in [3.8, 4) is 0 Å². The van der Waals surface area contributed by atoms with Crippen LogP contribution in [-0.2, 0) is 17.9 Å². The highest BCUT2D eigenvalue weighted by Crippen LogP contribution is 1.96. The molecular formula is C13H14N4O2S. The number of nitrogens with one attached hydrogen (secondary N) is 3. The molecule has 0 saturated carbocycles. The molecule has 1 aromatic heterocycles. The summed E-state index contributed by atoms with van der Waals surface area (Å²) in [7, 11) is 0. The second kappa shape index (κ2) is 6.67. The third-order valence-corrected chi connectivity index (χ3v) is 3.26. The maximum atomic E-state index is 11.6. The van der Waals surface area contributed by atoms with Crippen molar-refractivity contribution < 1.29 is 9.59 Å². The van der Waals surface area contributed by atoms with Crippen molar-refractivity contribution in [3.63, 3.8) is 0 Å². The average Bonchev–Trinajstić information content (AvgIpc) is 2.83. The molecule has 0 aliphatic heterocycles. The summed E-state index contributed by atoms with van der Waals surface area (Å²) in [6, 6.07) is 8.88. The zero-order valence-corrected chi connectivity index (χ0v) is 11.4. The predicted octanol–water partition coefficient (Wildman–Crippen LogP) is 1.06. The van der Waals surface area contributed by atoms with Gasteiger partial charge in [-0.2, -0.15) is 0 Å². The summed E-state index contributed by atoms with van der Waals surface area (Å²) >= 11 is 1.22. The minimum Gasteiger partial charge on any atom is -0.334 e. The average molecular weight is 290 g/mol. The largest absolute Gasteiger partial charge is 0.334 e. The van der Waals surface area contributed by atoms with E-state index in [1.165, 1.54) is 15.9 Å². The molecule has 0 bridgehead atoms. The number of nitrogens with zero attached hydrogens (tertiary/aromatic N) is 1. The summed E-state index contributed by atoms with van der Waals surface area (Å²) < 4.78 is 1.46. The molecule has 0 unspecified atom stereocenters. The summed E-state index contributed by atoms with van der Waals surface area (Å²) in [4.78, 5) is 23.4. The Bertz CT molecular complexity index is 648. The lowest BCUT2D eigenvalue weighted by molar-refractivity contribution is -0.120. The van der Waals surface area contributed by atoms with Crippen LogP contribution >= 0.6 is 11.3 Å². The van der Waals surface area contributed by atoms with Gasteiger partial charge in [-0.3, -0.25) is 15.5 Å². The fraction of sp³-hybridized carbons (Fsp3) is 0.154. The van der Waals surface area contributed by atoms with Crippen LogP contribution in [0.2, 0.25) is 0 Å². The van der Waals surface area contributed by atoms with Crippen LogP contribution in [0.4, 0.5) is 4.79 Å². The molecule has 0 aliphatic rings. The summed E-state index contributed by atoms with van der Waals surface area (Å²) in [5.41, 5.74) is 0.954. The molecule has 6 nitrogen and oxygen atoms in total. The lowest BCUT2D eigenvalue weighted by atomic mass is 10.2. The molecule has 0 fully saturated rings. The van der Waals surface area contributed by atoms with E-state index in [4.69, 9.17) is 5.41 Å². The second-order valence-corrected chi connectivity index (χ2v) is 4.95. The number of urea groups is 1. The van der Waals surface area contributed by atoms with Crippen molar-refractivity contribution >= 4 is 23.3 Å². The zero-order chi connectivity index (χ0) is 14.4. The molecule has 2 aromatic rings. The molecule has 0 spiro atoms. The highest BCUT2D eigenvalue weighted by Gasteiger charge is 2.08. The van der Waals surface area contributed by atoms with Gasteiger partial charge in [0.1, 0.15) is 6.54 Å². The van der Waals surface area contributed by atoms with Gasteiger partial charge in [-0.25, -0.2) is 4.79 Å². The van der Waals surface area contributed by atoms with Crippen molar-refractivity contribution in [2.75, 3.05) is 0 Å². The third kappa shape index (κ3) is 4.06. The number of benzene rings is 1. The van der Waals surface area contributed by atoms with E-state index in [0.717, 1.165) is 5.56 Å². The van der Waals surface area contributed by atoms with Gasteiger partial charge in [-0.1, -0.05) is 30.3 Å². The van der Waals surface area contributed by atoms with E-state index in [-0.39, 0.29) is 11.3 Å². The van der Waals surface area contributed by atoms with E-state index in [1.54, 1.807) is 11.6 Å². The first kappa shape index (κ1) is 14.0. The molecule has 20 heavy (non-hydrogen) atoms. The van der Waals surface area contributed by atoms with Gasteiger partial charge in [0.05, 0.1) is 0 Å². The molecule has 1 heterocycles. The van der Waals surface area contributed by atoms with Gasteiger partial charge in [0.15, 0.2) is 4.80 Å². The van der Waals surface area contributed by atoms with Crippen molar-refractivity contribution in [2.24, 2.45) is 0 Å². The fourth-order valence-corrected chi connectivity index (χ4v) is 2.17. The van der Waals surface area contributed by atoms with Gasteiger partial charge in [0.2, 0.25) is 5.91 Å². The predicted molar refractivity (Wildman–Crippen MR) is 75.0 cm³/mol. The summed E-state index contributed by atoms with van der Waals surface area (Å²) in [5.74, 6) is -0.451. The van der Waals surface area contributed by atoms with Crippen molar-refractivity contribution in [3.05, 3.63) is 52.3 Å². The van der Waals surface area contributed by atoms with E-state index in [0.29, 0.717) is 6.54 Å². The minimum atomic E-state index is -0.541. The molecular weight excluding hydrogens is 276 g/mol. The van der Waals surface area contributed by atoms with E-state index < -0.39 is 11.9 Å². The summed E-state index contributed by atoms with van der Waals surface area (Å²) in [5, 5.41) is 14.1. The van der Waals surface area contributed by atoms with E-state index in [1.807, 2.05) is 30.3 Å². The first-order valence-electron chi connectivity index (χ1n) is 5.95. The number of hydrogen-bond donors (Lipinski definition) is 3. The normalized spacial score (nSPS) is 10.0. The number of amides is 3. The smallest absolute Gasteiger partial charge is 0.321 e. The molecule has 0 saturated heterocycles. The topological polar surface area (TPSA) is 87.0 Å². The number of imide groups is 1. The lowest BCUT2D eigenvalue weighted by Gasteiger charge is -2.07. The van der Waals surface area contributed by atoms with Gasteiger partial charge >= 0.3 is 6.03 Å². The molecule has 1 aromatic carbocycles. The number of carbonyl (C=O) groups is 2. The Kier molecular flexibility index (Phi) is 4.67. The highest BCUT2D eigenvalue weighted by atomic mass is 32.1. The van der Waals surface area contributed by atoms with Crippen LogP contribution in [0.1, 0.15) is 5.56 Å². The molecule has 0 aliphatic carbocycles. The van der Waals surface area contributed by atoms with Gasteiger partial charge < -0.3 is 9.88 Å². The highest BCUT2D eigenvalue weighted by molar-refractivity contribution is 7.06. The lowest BCUT2D eigenvalue weighted by Crippen LogP contribution is -2.41. The summed E-state index contributed by atoms with van der Waals surface area (Å²) in [6.45, 7) is 0.316. The van der Waals surface area contributed by atoms with Crippen molar-refractivity contribution in [1.29, 1.82) is 5.41 Å². The van der Waals surface area contributed by atoms with Gasteiger partial charge in [0, 0.05) is 18.1 Å². The van der Waals surface area contributed by atoms with Crippen molar-refractivity contribution in [1.82, 2.24) is 15.2 Å². The number of rotatable bonds is 4. The first-order chi connectivity index (χ1) is 9.65. The molecule has 104 valence electrons. The van der Waals surface area contributed by atoms with Crippen LogP contribution < -0.4 is 15.4 Å². The molecule has 0 atom stereocenters. The Morgan fingerprint density at radius 3 is 2.65 bits per heavy atom. The van der Waals surface area contributed by atoms with Gasteiger partial charge in [-0.15, -0.1) is 11.3 Å². The molecule has 2 rings (SSSR count). The third-order valence-electron chi connectivity index (χ3n) is 2.54. The van der Waals surface area contributed by atoms with Crippen LogP contribution in [0.3, 0.4) is 0 Å². The summed E-state index contributed by atoms with van der Waals surface area (Å²) in [6.07, 6.45) is 1.63. The van der Waals surface area contributed by atoms with Crippen LogP contribution in [0, 0.1) is 5.41 Å². The number of thiazole rings is 1. The Balaban J connectivity index is 1.78. The maximum Gasteiger partial charge on any atom is 0.321 e. The van der Waals surface area contributed by atoms with Crippen molar-refractivity contribution in [2.45, 2.75) is 13.1 Å². The van der Waals surface area contributed by atoms with E-state index in [2.05, 4.69) is 10.6 Å².